The van der Waals surface area contributed by atoms with Crippen molar-refractivity contribution >= 4 is 5.57 Å². The van der Waals surface area contributed by atoms with E-state index in [1.54, 1.807) is 12.1 Å². The Morgan fingerprint density at radius 1 is 1.00 bits per heavy atom. The molecule has 0 spiro atoms. The van der Waals surface area contributed by atoms with Gasteiger partial charge in [-0.15, -0.1) is 13.2 Å². The van der Waals surface area contributed by atoms with Crippen molar-refractivity contribution in [2.24, 2.45) is 17.8 Å². The summed E-state index contributed by atoms with van der Waals surface area (Å²) in [6, 6.07) is 6.10. The summed E-state index contributed by atoms with van der Waals surface area (Å²) >= 11 is 0. The highest BCUT2D eigenvalue weighted by molar-refractivity contribution is 5.75. The van der Waals surface area contributed by atoms with Crippen molar-refractivity contribution in [1.82, 2.24) is 0 Å². The lowest BCUT2D eigenvalue weighted by Crippen LogP contribution is -2.20. The van der Waals surface area contributed by atoms with Gasteiger partial charge in [0.1, 0.15) is 5.75 Å². The summed E-state index contributed by atoms with van der Waals surface area (Å²) < 4.78 is 40.5. The van der Waals surface area contributed by atoms with E-state index in [1.807, 2.05) is 0 Å². The van der Waals surface area contributed by atoms with Crippen molar-refractivity contribution in [3.8, 4) is 5.75 Å². The maximum absolute atomic E-state index is 12.2. The Hall–Kier alpha value is -1.71. The quantitative estimate of drug-likeness (QED) is 0.623. The zero-order valence-corrected chi connectivity index (χ0v) is 13.9. The number of benzene rings is 1. The molecule has 130 valence electrons. The minimum absolute atomic E-state index is 0.180. The van der Waals surface area contributed by atoms with Gasteiger partial charge in [0, 0.05) is 0 Å². The van der Waals surface area contributed by atoms with Gasteiger partial charge in [-0.3, -0.25) is 0 Å². The lowest BCUT2D eigenvalue weighted by atomic mass is 9.74. The minimum Gasteiger partial charge on any atom is -0.406 e. The Bertz CT molecular complexity index is 605. The third-order valence-corrected chi connectivity index (χ3v) is 5.22. The van der Waals surface area contributed by atoms with Crippen molar-refractivity contribution in [2.75, 3.05) is 0 Å². The van der Waals surface area contributed by atoms with Crippen LogP contribution in [0.25, 0.3) is 5.57 Å². The van der Waals surface area contributed by atoms with E-state index < -0.39 is 6.36 Å². The normalized spacial score (nSPS) is 27.7. The Kier molecular flexibility index (Phi) is 5.02. The van der Waals surface area contributed by atoms with Crippen LogP contribution in [-0.2, 0) is 0 Å². The first-order valence-electron chi connectivity index (χ1n) is 8.65. The summed E-state index contributed by atoms with van der Waals surface area (Å²) in [4.78, 5) is 0. The summed E-state index contributed by atoms with van der Waals surface area (Å²) in [6.45, 7) is 2.33. The fourth-order valence-corrected chi connectivity index (χ4v) is 3.76. The molecule has 2 aliphatic carbocycles. The smallest absolute Gasteiger partial charge is 0.406 e. The van der Waals surface area contributed by atoms with Crippen molar-refractivity contribution in [1.29, 1.82) is 0 Å². The molecule has 1 atom stereocenters. The van der Waals surface area contributed by atoms with Crippen LogP contribution in [0.1, 0.15) is 44.6 Å². The number of halogens is 3. The van der Waals surface area contributed by atoms with Gasteiger partial charge in [0.05, 0.1) is 0 Å². The molecule has 1 unspecified atom stereocenters. The van der Waals surface area contributed by atoms with Crippen molar-refractivity contribution in [2.45, 2.75) is 45.4 Å². The van der Waals surface area contributed by atoms with Gasteiger partial charge in [0.2, 0.25) is 0 Å². The molecular weight excluding hydrogens is 313 g/mol. The SMILES string of the molecule is C[C@H]1CC[C@H](C2C=CC(c3ccc(OC(F)(F)F)cc3)=CC2)CC1. The van der Waals surface area contributed by atoms with Crippen LogP contribution < -0.4 is 4.74 Å². The van der Waals surface area contributed by atoms with Crippen LogP contribution in [0.3, 0.4) is 0 Å². The Labute approximate surface area is 141 Å². The molecular formula is C20H23F3O. The zero-order chi connectivity index (χ0) is 17.2. The number of rotatable bonds is 3. The van der Waals surface area contributed by atoms with Crippen molar-refractivity contribution < 1.29 is 17.9 Å². The molecule has 0 N–H and O–H groups in total. The predicted molar refractivity (Wildman–Crippen MR) is 89.5 cm³/mol. The van der Waals surface area contributed by atoms with Gasteiger partial charge in [0.15, 0.2) is 0 Å². The van der Waals surface area contributed by atoms with Crippen LogP contribution in [0.5, 0.6) is 5.75 Å². The number of alkyl halides is 3. The maximum Gasteiger partial charge on any atom is 0.573 e. The molecule has 0 saturated heterocycles. The maximum atomic E-state index is 12.2. The van der Waals surface area contributed by atoms with E-state index in [0.717, 1.165) is 29.4 Å². The molecule has 24 heavy (non-hydrogen) atoms. The van der Waals surface area contributed by atoms with Gasteiger partial charge < -0.3 is 4.74 Å². The minimum atomic E-state index is -4.64. The van der Waals surface area contributed by atoms with Crippen molar-refractivity contribution in [3.05, 3.63) is 48.1 Å². The highest BCUT2D eigenvalue weighted by atomic mass is 19.4. The second-order valence-corrected chi connectivity index (χ2v) is 7.01. The van der Waals surface area contributed by atoms with Gasteiger partial charge in [-0.1, -0.05) is 50.1 Å². The molecule has 3 rings (SSSR count). The third kappa shape index (κ3) is 4.43. The van der Waals surface area contributed by atoms with Crippen LogP contribution in [0.15, 0.2) is 42.5 Å². The molecule has 0 radical (unpaired) electrons. The molecule has 2 aliphatic rings. The second-order valence-electron chi connectivity index (χ2n) is 7.01. The first-order valence-corrected chi connectivity index (χ1v) is 8.65. The fraction of sp³-hybridized carbons (Fsp3) is 0.500. The van der Waals surface area contributed by atoms with Gasteiger partial charge >= 0.3 is 6.36 Å². The van der Waals surface area contributed by atoms with Gasteiger partial charge in [-0.25, -0.2) is 0 Å². The van der Waals surface area contributed by atoms with Crippen molar-refractivity contribution in [3.63, 3.8) is 0 Å². The standard InChI is InChI=1S/C20H23F3O/c1-14-2-4-15(5-3-14)16-6-8-17(9-7-16)18-10-12-19(13-11-18)24-20(21,22)23/h6,8-16H,2-5,7H2,1H3/t14-,15-,16?. The van der Waals surface area contributed by atoms with Crippen LogP contribution >= 0.6 is 0 Å². The molecule has 0 heterocycles. The number of ether oxygens (including phenoxy) is 1. The zero-order valence-electron chi connectivity index (χ0n) is 13.9. The average Bonchev–Trinajstić information content (AvgIpc) is 2.55. The summed E-state index contributed by atoms with van der Waals surface area (Å²) in [7, 11) is 0. The molecule has 0 amide bonds. The van der Waals surface area contributed by atoms with E-state index >= 15 is 0 Å². The third-order valence-electron chi connectivity index (χ3n) is 5.22. The first-order chi connectivity index (χ1) is 11.4. The molecule has 1 fully saturated rings. The second kappa shape index (κ2) is 7.04. The highest BCUT2D eigenvalue weighted by Gasteiger charge is 2.31. The lowest BCUT2D eigenvalue weighted by molar-refractivity contribution is -0.274. The molecule has 1 saturated carbocycles. The number of hydrogen-bond donors (Lipinski definition) is 0. The Morgan fingerprint density at radius 3 is 2.21 bits per heavy atom. The highest BCUT2D eigenvalue weighted by Crippen LogP contribution is 2.38. The van der Waals surface area contributed by atoms with E-state index in [2.05, 4.69) is 29.9 Å². The molecule has 1 aromatic carbocycles. The Morgan fingerprint density at radius 2 is 1.67 bits per heavy atom. The summed E-state index contributed by atoms with van der Waals surface area (Å²) in [5.74, 6) is 2.06. The molecule has 0 aliphatic heterocycles. The lowest BCUT2D eigenvalue weighted by Gasteiger charge is -2.32. The first kappa shape index (κ1) is 17.1. The fourth-order valence-electron chi connectivity index (χ4n) is 3.76. The van der Waals surface area contributed by atoms with Gasteiger partial charge in [-0.05, 0) is 60.3 Å². The summed E-state index contributed by atoms with van der Waals surface area (Å²) in [5, 5.41) is 0. The van der Waals surface area contributed by atoms with E-state index in [9.17, 15) is 13.2 Å². The number of allylic oxidation sites excluding steroid dienone is 4. The predicted octanol–water partition coefficient (Wildman–Crippen LogP) is 6.37. The molecule has 0 bridgehead atoms. The van der Waals surface area contributed by atoms with E-state index in [0.29, 0.717) is 5.92 Å². The molecule has 1 aromatic rings. The summed E-state index contributed by atoms with van der Waals surface area (Å²) in [6.07, 6.45) is 8.26. The van der Waals surface area contributed by atoms with Crippen LogP contribution in [0.4, 0.5) is 13.2 Å². The van der Waals surface area contributed by atoms with E-state index in [-0.39, 0.29) is 5.75 Å². The average molecular weight is 336 g/mol. The van der Waals surface area contributed by atoms with Crippen LogP contribution in [0, 0.1) is 17.8 Å². The number of hydrogen-bond acceptors (Lipinski definition) is 1. The van der Waals surface area contributed by atoms with Crippen LogP contribution in [0.2, 0.25) is 0 Å². The van der Waals surface area contributed by atoms with Gasteiger partial charge in [0.25, 0.3) is 0 Å². The topological polar surface area (TPSA) is 9.23 Å². The molecule has 0 aromatic heterocycles. The van der Waals surface area contributed by atoms with E-state index in [4.69, 9.17) is 0 Å². The van der Waals surface area contributed by atoms with E-state index in [1.165, 1.54) is 37.8 Å². The largest absolute Gasteiger partial charge is 0.573 e. The summed E-state index contributed by atoms with van der Waals surface area (Å²) in [5.41, 5.74) is 2.01. The van der Waals surface area contributed by atoms with Gasteiger partial charge in [-0.2, -0.15) is 0 Å². The Balaban J connectivity index is 1.60. The van der Waals surface area contributed by atoms with Crippen LogP contribution in [-0.4, -0.2) is 6.36 Å². The molecule has 4 heteroatoms. The monoisotopic (exact) mass is 336 g/mol. The molecule has 1 nitrogen and oxygen atoms in total.